The average molecular weight is 407 g/mol. The Labute approximate surface area is 170 Å². The zero-order chi connectivity index (χ0) is 19.1. The van der Waals surface area contributed by atoms with Crippen LogP contribution in [-0.2, 0) is 6.54 Å². The quantitative estimate of drug-likeness (QED) is 0.559. The number of hydrogen-bond donors (Lipinski definition) is 2. The average Bonchev–Trinajstić information content (AvgIpc) is 3.22. The van der Waals surface area contributed by atoms with Gasteiger partial charge >= 0.3 is 0 Å². The first-order valence-corrected chi connectivity index (χ1v) is 10.6. The van der Waals surface area contributed by atoms with Crippen molar-refractivity contribution in [2.75, 3.05) is 31.6 Å². The molecule has 2 N–H and O–H groups in total. The Morgan fingerprint density at radius 1 is 1.33 bits per heavy atom. The van der Waals surface area contributed by atoms with E-state index in [-0.39, 0.29) is 0 Å². The van der Waals surface area contributed by atoms with Gasteiger partial charge in [-0.25, -0.2) is 4.99 Å². The number of thiophene rings is 1. The van der Waals surface area contributed by atoms with Crippen LogP contribution in [0.5, 0.6) is 5.75 Å². The third-order valence-electron chi connectivity index (χ3n) is 4.65. The minimum Gasteiger partial charge on any atom is -0.496 e. The van der Waals surface area contributed by atoms with Crippen LogP contribution in [0.1, 0.15) is 25.3 Å². The van der Waals surface area contributed by atoms with E-state index in [0.717, 1.165) is 49.7 Å². The van der Waals surface area contributed by atoms with E-state index in [1.165, 1.54) is 5.00 Å². The molecule has 1 fully saturated rings. The molecule has 0 atom stereocenters. The van der Waals surface area contributed by atoms with Crippen LogP contribution in [-0.4, -0.2) is 38.7 Å². The summed E-state index contributed by atoms with van der Waals surface area (Å²) in [5, 5.41) is 11.1. The third kappa shape index (κ3) is 5.53. The van der Waals surface area contributed by atoms with Gasteiger partial charge in [0.15, 0.2) is 5.96 Å². The van der Waals surface area contributed by atoms with E-state index < -0.39 is 0 Å². The fourth-order valence-corrected chi connectivity index (χ4v) is 4.17. The number of ether oxygens (including phenoxy) is 1. The molecular weight excluding hydrogens is 380 g/mol. The van der Waals surface area contributed by atoms with Gasteiger partial charge in [-0.3, -0.25) is 0 Å². The highest BCUT2D eigenvalue weighted by molar-refractivity contribution is 7.14. The van der Waals surface area contributed by atoms with Gasteiger partial charge in [-0.2, -0.15) is 0 Å². The second-order valence-corrected chi connectivity index (χ2v) is 7.87. The van der Waals surface area contributed by atoms with E-state index in [9.17, 15) is 0 Å². The summed E-state index contributed by atoms with van der Waals surface area (Å²) in [7, 11) is 1.66. The molecule has 0 saturated carbocycles. The van der Waals surface area contributed by atoms with Crippen molar-refractivity contribution in [3.8, 4) is 5.75 Å². The van der Waals surface area contributed by atoms with Gasteiger partial charge in [0.05, 0.1) is 18.7 Å². The van der Waals surface area contributed by atoms with Crippen molar-refractivity contribution >= 4 is 33.9 Å². The molecule has 0 spiro atoms. The lowest BCUT2D eigenvalue weighted by molar-refractivity contribution is 0.410. The van der Waals surface area contributed by atoms with Crippen molar-refractivity contribution in [1.29, 1.82) is 0 Å². The molecule has 146 valence electrons. The fourth-order valence-electron chi connectivity index (χ4n) is 3.22. The van der Waals surface area contributed by atoms with Crippen molar-refractivity contribution in [3.05, 3.63) is 46.3 Å². The monoisotopic (exact) mass is 406 g/mol. The number of rotatable bonds is 6. The van der Waals surface area contributed by atoms with Crippen LogP contribution < -0.4 is 20.3 Å². The van der Waals surface area contributed by atoms with Gasteiger partial charge in [-0.1, -0.05) is 17.7 Å². The van der Waals surface area contributed by atoms with E-state index in [4.69, 9.17) is 21.3 Å². The van der Waals surface area contributed by atoms with Crippen molar-refractivity contribution in [2.24, 2.45) is 4.99 Å². The molecule has 1 saturated heterocycles. The summed E-state index contributed by atoms with van der Waals surface area (Å²) < 4.78 is 5.42. The lowest BCUT2D eigenvalue weighted by atomic mass is 10.1. The molecule has 1 aliphatic heterocycles. The lowest BCUT2D eigenvalue weighted by Gasteiger charge is -2.33. The first-order valence-electron chi connectivity index (χ1n) is 9.35. The number of hydrogen-bond acceptors (Lipinski definition) is 4. The Morgan fingerprint density at radius 3 is 2.81 bits per heavy atom. The maximum atomic E-state index is 6.04. The van der Waals surface area contributed by atoms with Gasteiger partial charge in [-0.15, -0.1) is 11.3 Å². The predicted octanol–water partition coefficient (Wildman–Crippen LogP) is 4.13. The lowest BCUT2D eigenvalue weighted by Crippen LogP contribution is -2.48. The van der Waals surface area contributed by atoms with Crippen LogP contribution in [0.2, 0.25) is 5.02 Å². The molecule has 2 aromatic rings. The number of aliphatic imine (C=N–C) groups is 1. The highest BCUT2D eigenvalue weighted by Gasteiger charge is 2.20. The van der Waals surface area contributed by atoms with Gasteiger partial charge in [0.25, 0.3) is 0 Å². The highest BCUT2D eigenvalue weighted by Crippen LogP contribution is 2.25. The largest absolute Gasteiger partial charge is 0.496 e. The smallest absolute Gasteiger partial charge is 0.191 e. The molecule has 1 aromatic carbocycles. The normalized spacial score (nSPS) is 15.7. The minimum atomic E-state index is 0.436. The first kappa shape index (κ1) is 19.8. The van der Waals surface area contributed by atoms with E-state index in [2.05, 4.69) is 40.0 Å². The van der Waals surface area contributed by atoms with E-state index >= 15 is 0 Å². The van der Waals surface area contributed by atoms with Gasteiger partial charge < -0.3 is 20.3 Å². The molecule has 5 nitrogen and oxygen atoms in total. The molecule has 0 bridgehead atoms. The zero-order valence-corrected chi connectivity index (χ0v) is 17.4. The summed E-state index contributed by atoms with van der Waals surface area (Å²) in [6.45, 7) is 5.60. The molecule has 0 radical (unpaired) electrons. The van der Waals surface area contributed by atoms with Crippen LogP contribution >= 0.6 is 22.9 Å². The van der Waals surface area contributed by atoms with Gasteiger partial charge in [0.2, 0.25) is 0 Å². The predicted molar refractivity (Wildman–Crippen MR) is 116 cm³/mol. The third-order valence-corrected chi connectivity index (χ3v) is 5.82. The number of piperidine rings is 1. The van der Waals surface area contributed by atoms with Crippen LogP contribution in [0.4, 0.5) is 5.00 Å². The van der Waals surface area contributed by atoms with Crippen LogP contribution in [0, 0.1) is 0 Å². The molecular formula is C20H27ClN4OS. The Hall–Kier alpha value is -1.92. The summed E-state index contributed by atoms with van der Waals surface area (Å²) in [5.41, 5.74) is 1.02. The Kier molecular flexibility index (Phi) is 7.24. The van der Waals surface area contributed by atoms with Crippen LogP contribution in [0.3, 0.4) is 0 Å². The molecule has 0 amide bonds. The van der Waals surface area contributed by atoms with Crippen molar-refractivity contribution in [2.45, 2.75) is 32.4 Å². The van der Waals surface area contributed by atoms with Crippen molar-refractivity contribution < 1.29 is 4.74 Å². The maximum absolute atomic E-state index is 6.04. The number of nitrogens with zero attached hydrogens (tertiary/aromatic N) is 2. The SMILES string of the molecule is CCNC(=NCc1ccc(Cl)cc1OC)NC1CCN(c2cccs2)CC1. The minimum absolute atomic E-state index is 0.436. The Balaban J connectivity index is 1.58. The van der Waals surface area contributed by atoms with Gasteiger partial charge in [0.1, 0.15) is 5.75 Å². The summed E-state index contributed by atoms with van der Waals surface area (Å²) in [4.78, 5) is 7.21. The van der Waals surface area contributed by atoms with E-state index in [1.807, 2.05) is 29.5 Å². The number of methoxy groups -OCH3 is 1. The highest BCUT2D eigenvalue weighted by atomic mass is 35.5. The second-order valence-electron chi connectivity index (χ2n) is 6.51. The molecule has 0 aliphatic carbocycles. The zero-order valence-electron chi connectivity index (χ0n) is 15.9. The van der Waals surface area contributed by atoms with Crippen LogP contribution in [0.25, 0.3) is 0 Å². The maximum Gasteiger partial charge on any atom is 0.191 e. The summed E-state index contributed by atoms with van der Waals surface area (Å²) >= 11 is 7.85. The molecule has 1 aromatic heterocycles. The summed E-state index contributed by atoms with van der Waals surface area (Å²) in [6.07, 6.45) is 2.21. The van der Waals surface area contributed by atoms with Crippen molar-refractivity contribution in [3.63, 3.8) is 0 Å². The van der Waals surface area contributed by atoms with Gasteiger partial charge in [-0.05, 0) is 49.4 Å². The number of nitrogens with one attached hydrogen (secondary N) is 2. The van der Waals surface area contributed by atoms with E-state index in [1.54, 1.807) is 7.11 Å². The van der Waals surface area contributed by atoms with Gasteiger partial charge in [0, 0.05) is 36.3 Å². The van der Waals surface area contributed by atoms with Crippen molar-refractivity contribution in [1.82, 2.24) is 10.6 Å². The molecule has 3 rings (SSSR count). The summed E-state index contributed by atoms with van der Waals surface area (Å²) in [5.74, 6) is 1.62. The van der Waals surface area contributed by atoms with E-state index in [0.29, 0.717) is 17.6 Å². The number of benzene rings is 1. The molecule has 2 heterocycles. The Morgan fingerprint density at radius 2 is 2.15 bits per heavy atom. The summed E-state index contributed by atoms with van der Waals surface area (Å²) in [6, 6.07) is 10.4. The molecule has 0 unspecified atom stereocenters. The number of anilines is 1. The molecule has 7 heteroatoms. The number of guanidine groups is 1. The number of halogens is 1. The second kappa shape index (κ2) is 9.85. The standard InChI is InChI=1S/C20H27ClN4OS/c1-3-22-20(23-14-15-6-7-16(21)13-18(15)26-2)24-17-8-10-25(11-9-17)19-5-4-12-27-19/h4-7,12-13,17H,3,8-11,14H2,1-2H3,(H2,22,23,24). The van der Waals surface area contributed by atoms with Crippen LogP contribution in [0.15, 0.2) is 40.7 Å². The first-order chi connectivity index (χ1) is 13.2. The topological polar surface area (TPSA) is 48.9 Å². The molecule has 27 heavy (non-hydrogen) atoms. The molecule has 1 aliphatic rings. The Bertz CT molecular complexity index is 742. The fraction of sp³-hybridized carbons (Fsp3) is 0.450.